The number of carbonyl (C=O) groups is 2. The first-order valence-electron chi connectivity index (χ1n) is 8.25. The lowest BCUT2D eigenvalue weighted by Crippen LogP contribution is -2.40. The number of nitrogens with zero attached hydrogens (tertiary/aromatic N) is 2. The summed E-state index contributed by atoms with van der Waals surface area (Å²) in [5, 5.41) is 0. The number of rotatable bonds is 4. The number of urea groups is 1. The maximum absolute atomic E-state index is 13.0. The molecule has 0 bridgehead atoms. The number of anilines is 2. The molecule has 0 spiro atoms. The maximum atomic E-state index is 13.0. The average Bonchev–Trinajstić information content (AvgIpc) is 2.64. The molecule has 2 rings (SSSR count). The highest BCUT2D eigenvalue weighted by molar-refractivity contribution is 7.86. The average molecular weight is 372 g/mol. The zero-order chi connectivity index (χ0) is 19.5. The third-order valence-electron chi connectivity index (χ3n) is 3.98. The maximum Gasteiger partial charge on any atom is 0.328 e. The first-order chi connectivity index (χ1) is 12.2. The second-order valence-electron chi connectivity index (χ2n) is 6.93. The van der Waals surface area contributed by atoms with E-state index in [1.807, 2.05) is 32.9 Å². The number of aldehydes is 1. The Morgan fingerprint density at radius 1 is 0.923 bits per heavy atom. The summed E-state index contributed by atoms with van der Waals surface area (Å²) >= 11 is 0. The van der Waals surface area contributed by atoms with Crippen molar-refractivity contribution in [2.75, 3.05) is 23.9 Å². The highest BCUT2D eigenvalue weighted by atomic mass is 32.2. The van der Waals surface area contributed by atoms with E-state index in [2.05, 4.69) is 0 Å². The molecule has 0 saturated carbocycles. The summed E-state index contributed by atoms with van der Waals surface area (Å²) in [6.45, 7) is 5.69. The van der Waals surface area contributed by atoms with Gasteiger partial charge in [0.2, 0.25) is 0 Å². The third-order valence-corrected chi connectivity index (χ3v) is 5.84. The molecule has 0 saturated heterocycles. The summed E-state index contributed by atoms with van der Waals surface area (Å²) < 4.78 is 12.4. The molecule has 0 N–H and O–H groups in total. The van der Waals surface area contributed by atoms with Crippen molar-refractivity contribution in [2.24, 2.45) is 0 Å². The minimum atomic E-state index is -1.28. The number of para-hydroxylation sites is 2. The van der Waals surface area contributed by atoms with Crippen molar-refractivity contribution in [1.82, 2.24) is 0 Å². The van der Waals surface area contributed by atoms with Gasteiger partial charge in [-0.3, -0.25) is 18.8 Å². The molecular formula is C20H24N2O3S. The molecule has 0 aliphatic rings. The second-order valence-corrected chi connectivity index (χ2v) is 9.13. The zero-order valence-electron chi connectivity index (χ0n) is 15.7. The Balaban J connectivity index is 2.40. The standard InChI is InChI=1S/C20H24N2O3S/c1-20(2,3)26(25)18-13-9-8-12-17(18)22(5)19(24)21(4)16-11-7-6-10-15(16)14-23/h6-14H,1-5H3/t26-/m1/s1. The van der Waals surface area contributed by atoms with Crippen molar-refractivity contribution < 1.29 is 13.8 Å². The second kappa shape index (κ2) is 7.83. The predicted molar refractivity (Wildman–Crippen MR) is 107 cm³/mol. The van der Waals surface area contributed by atoms with Gasteiger partial charge in [0.05, 0.1) is 27.1 Å². The van der Waals surface area contributed by atoms with E-state index in [4.69, 9.17) is 0 Å². The van der Waals surface area contributed by atoms with E-state index in [1.165, 1.54) is 9.80 Å². The van der Waals surface area contributed by atoms with Crippen molar-refractivity contribution in [3.05, 3.63) is 54.1 Å². The lowest BCUT2D eigenvalue weighted by molar-refractivity contribution is 0.112. The van der Waals surface area contributed by atoms with Gasteiger partial charge in [-0.15, -0.1) is 0 Å². The van der Waals surface area contributed by atoms with Gasteiger partial charge in [0.25, 0.3) is 0 Å². The van der Waals surface area contributed by atoms with Crippen LogP contribution in [-0.2, 0) is 10.8 Å². The molecule has 5 nitrogen and oxygen atoms in total. The van der Waals surface area contributed by atoms with Crippen LogP contribution in [0.25, 0.3) is 0 Å². The van der Waals surface area contributed by atoms with Crippen LogP contribution in [0.5, 0.6) is 0 Å². The van der Waals surface area contributed by atoms with Gasteiger partial charge in [-0.05, 0) is 45.0 Å². The number of benzene rings is 2. The van der Waals surface area contributed by atoms with Crippen molar-refractivity contribution in [3.63, 3.8) is 0 Å². The normalized spacial score (nSPS) is 12.3. The highest BCUT2D eigenvalue weighted by Crippen LogP contribution is 2.30. The van der Waals surface area contributed by atoms with Crippen LogP contribution >= 0.6 is 0 Å². The minimum absolute atomic E-state index is 0.322. The van der Waals surface area contributed by atoms with E-state index in [9.17, 15) is 13.8 Å². The van der Waals surface area contributed by atoms with Crippen LogP contribution in [0.2, 0.25) is 0 Å². The Kier molecular flexibility index (Phi) is 5.97. The smallest absolute Gasteiger partial charge is 0.298 e. The Morgan fingerprint density at radius 3 is 2.00 bits per heavy atom. The molecule has 0 radical (unpaired) electrons. The van der Waals surface area contributed by atoms with Gasteiger partial charge >= 0.3 is 6.03 Å². The Labute approximate surface area is 157 Å². The fourth-order valence-electron chi connectivity index (χ4n) is 2.54. The molecule has 2 amide bonds. The van der Waals surface area contributed by atoms with Crippen LogP contribution < -0.4 is 9.80 Å². The summed E-state index contributed by atoms with van der Waals surface area (Å²) in [6.07, 6.45) is 0.724. The summed E-state index contributed by atoms with van der Waals surface area (Å²) in [4.78, 5) is 27.7. The van der Waals surface area contributed by atoms with Crippen molar-refractivity contribution >= 4 is 34.5 Å². The molecule has 0 aliphatic heterocycles. The summed E-state index contributed by atoms with van der Waals surface area (Å²) in [6, 6.07) is 13.7. The summed E-state index contributed by atoms with van der Waals surface area (Å²) in [5.74, 6) is 0. The molecule has 0 aromatic heterocycles. The minimum Gasteiger partial charge on any atom is -0.298 e. The van der Waals surface area contributed by atoms with Gasteiger partial charge < -0.3 is 0 Å². The number of carbonyl (C=O) groups excluding carboxylic acids is 2. The molecule has 6 heteroatoms. The van der Waals surface area contributed by atoms with Crippen LogP contribution in [0, 0.1) is 0 Å². The van der Waals surface area contributed by atoms with Gasteiger partial charge in [0.1, 0.15) is 0 Å². The molecule has 138 valence electrons. The zero-order valence-corrected chi connectivity index (χ0v) is 16.5. The van der Waals surface area contributed by atoms with Crippen LogP contribution in [0.15, 0.2) is 53.4 Å². The van der Waals surface area contributed by atoms with Crippen LogP contribution in [0.3, 0.4) is 0 Å². The molecule has 2 aromatic carbocycles. The van der Waals surface area contributed by atoms with E-state index in [-0.39, 0.29) is 6.03 Å². The van der Waals surface area contributed by atoms with Crippen molar-refractivity contribution in [2.45, 2.75) is 30.4 Å². The lowest BCUT2D eigenvalue weighted by atomic mass is 10.2. The van der Waals surface area contributed by atoms with Crippen LogP contribution in [-0.4, -0.2) is 35.4 Å². The van der Waals surface area contributed by atoms with E-state index in [0.29, 0.717) is 21.8 Å². The fraction of sp³-hybridized carbons (Fsp3) is 0.300. The molecule has 0 heterocycles. The molecule has 0 aliphatic carbocycles. The topological polar surface area (TPSA) is 57.7 Å². The molecule has 0 fully saturated rings. The SMILES string of the molecule is CN(C(=O)N(C)c1ccccc1[S@@](=O)C(C)(C)C)c1ccccc1C=O. The van der Waals surface area contributed by atoms with Gasteiger partial charge in [0.15, 0.2) is 6.29 Å². The number of hydrogen-bond donors (Lipinski definition) is 0. The predicted octanol–water partition coefficient (Wildman–Crippen LogP) is 4.10. The fourth-order valence-corrected chi connectivity index (χ4v) is 3.80. The highest BCUT2D eigenvalue weighted by Gasteiger charge is 2.27. The first kappa shape index (κ1) is 19.8. The molecule has 26 heavy (non-hydrogen) atoms. The quantitative estimate of drug-likeness (QED) is 0.759. The largest absolute Gasteiger partial charge is 0.328 e. The van der Waals surface area contributed by atoms with Crippen molar-refractivity contribution in [1.29, 1.82) is 0 Å². The molecule has 2 aromatic rings. The lowest BCUT2D eigenvalue weighted by Gasteiger charge is -2.28. The van der Waals surface area contributed by atoms with E-state index in [0.717, 1.165) is 6.29 Å². The van der Waals surface area contributed by atoms with E-state index in [1.54, 1.807) is 50.5 Å². The number of amides is 2. The van der Waals surface area contributed by atoms with Gasteiger partial charge in [-0.1, -0.05) is 24.3 Å². The van der Waals surface area contributed by atoms with Crippen LogP contribution in [0.4, 0.5) is 16.2 Å². The van der Waals surface area contributed by atoms with Gasteiger partial charge in [-0.2, -0.15) is 0 Å². The summed E-state index contributed by atoms with van der Waals surface area (Å²) in [7, 11) is 1.97. The Morgan fingerprint density at radius 2 is 1.42 bits per heavy atom. The van der Waals surface area contributed by atoms with Crippen molar-refractivity contribution in [3.8, 4) is 0 Å². The third kappa shape index (κ3) is 4.02. The Hall–Kier alpha value is -2.47. The van der Waals surface area contributed by atoms with Gasteiger partial charge in [0, 0.05) is 24.4 Å². The monoisotopic (exact) mass is 372 g/mol. The van der Waals surface area contributed by atoms with Crippen LogP contribution in [0.1, 0.15) is 31.1 Å². The number of hydrogen-bond acceptors (Lipinski definition) is 3. The molecular weight excluding hydrogens is 348 g/mol. The molecule has 1 atom stereocenters. The Bertz CT molecular complexity index is 843. The molecule has 0 unspecified atom stereocenters. The van der Waals surface area contributed by atoms with E-state index >= 15 is 0 Å². The summed E-state index contributed by atoms with van der Waals surface area (Å²) in [5.41, 5.74) is 1.54. The van der Waals surface area contributed by atoms with Gasteiger partial charge in [-0.25, -0.2) is 4.79 Å². The first-order valence-corrected chi connectivity index (χ1v) is 9.40. The van der Waals surface area contributed by atoms with E-state index < -0.39 is 15.5 Å².